The zero-order valence-corrected chi connectivity index (χ0v) is 53.0. The summed E-state index contributed by atoms with van der Waals surface area (Å²) in [6.45, 7) is 6.72. The van der Waals surface area contributed by atoms with Gasteiger partial charge in [-0.3, -0.25) is 14.4 Å². The summed E-state index contributed by atoms with van der Waals surface area (Å²) in [7, 11) is 0. The zero-order chi connectivity index (χ0) is 56.4. The Balaban J connectivity index is 4.30. The van der Waals surface area contributed by atoms with Gasteiger partial charge in [0.15, 0.2) is 6.10 Å². The normalized spacial score (nSPS) is 12.1. The average Bonchev–Trinajstić information content (AvgIpc) is 3.44. The van der Waals surface area contributed by atoms with E-state index in [0.29, 0.717) is 19.3 Å². The number of hydrogen-bond donors (Lipinski definition) is 0. The lowest BCUT2D eigenvalue weighted by Crippen LogP contribution is -2.30. The Morgan fingerprint density at radius 3 is 0.705 bits per heavy atom. The molecule has 460 valence electrons. The molecule has 0 aromatic carbocycles. The Labute approximate surface area is 487 Å². The Kier molecular flexibility index (Phi) is 65.6. The molecule has 0 aliphatic rings. The molecule has 0 N–H and O–H groups in total. The summed E-state index contributed by atoms with van der Waals surface area (Å²) < 4.78 is 17.0. The van der Waals surface area contributed by atoms with E-state index in [0.717, 1.165) is 64.2 Å². The third-order valence-corrected chi connectivity index (χ3v) is 16.2. The molecule has 0 bridgehead atoms. The van der Waals surface area contributed by atoms with Gasteiger partial charge in [-0.05, 0) is 51.4 Å². The lowest BCUT2D eigenvalue weighted by atomic mass is 10.0. The number of ether oxygens (including phenoxy) is 3. The van der Waals surface area contributed by atoms with Crippen LogP contribution in [0.25, 0.3) is 0 Å². The van der Waals surface area contributed by atoms with Gasteiger partial charge in [-0.2, -0.15) is 0 Å². The number of carbonyl (C=O) groups excluding carboxylic acids is 3. The molecule has 0 spiro atoms. The van der Waals surface area contributed by atoms with Crippen LogP contribution < -0.4 is 0 Å². The summed E-state index contributed by atoms with van der Waals surface area (Å²) in [5.74, 6) is -0.836. The fraction of sp³-hybridized carbons (Fsp3) is 0.903. The van der Waals surface area contributed by atoms with E-state index in [1.54, 1.807) is 0 Å². The van der Waals surface area contributed by atoms with Crippen LogP contribution in [-0.2, 0) is 28.6 Å². The highest BCUT2D eigenvalue weighted by atomic mass is 16.6. The van der Waals surface area contributed by atoms with Crippen molar-refractivity contribution < 1.29 is 28.6 Å². The fourth-order valence-corrected chi connectivity index (χ4v) is 10.9. The second kappa shape index (κ2) is 67.4. The first-order valence-electron chi connectivity index (χ1n) is 35.3. The van der Waals surface area contributed by atoms with Crippen LogP contribution in [0.3, 0.4) is 0 Å². The molecule has 0 radical (unpaired) electrons. The van der Waals surface area contributed by atoms with Gasteiger partial charge in [0, 0.05) is 19.3 Å². The predicted octanol–water partition coefficient (Wildman–Crippen LogP) is 24.2. The number of unbranched alkanes of at least 4 members (excludes halogenated alkanes) is 51. The molecule has 1 atom stereocenters. The van der Waals surface area contributed by atoms with Crippen LogP contribution in [0.5, 0.6) is 0 Å². The van der Waals surface area contributed by atoms with Gasteiger partial charge in [0.25, 0.3) is 0 Å². The number of hydrogen-bond acceptors (Lipinski definition) is 6. The third kappa shape index (κ3) is 64.7. The first kappa shape index (κ1) is 75.9. The third-order valence-electron chi connectivity index (χ3n) is 16.2. The lowest BCUT2D eigenvalue weighted by molar-refractivity contribution is -0.167. The van der Waals surface area contributed by atoms with Crippen LogP contribution in [-0.4, -0.2) is 37.2 Å². The first-order valence-corrected chi connectivity index (χ1v) is 35.3. The quantitative estimate of drug-likeness (QED) is 0.0261. The minimum absolute atomic E-state index is 0.0662. The highest BCUT2D eigenvalue weighted by Gasteiger charge is 2.19. The number of allylic oxidation sites excluding steroid dienone is 4. The predicted molar refractivity (Wildman–Crippen MR) is 340 cm³/mol. The Bertz CT molecular complexity index is 1260. The molecule has 0 aromatic heterocycles. The van der Waals surface area contributed by atoms with Gasteiger partial charge in [-0.15, -0.1) is 0 Å². The van der Waals surface area contributed by atoms with Crippen LogP contribution >= 0.6 is 0 Å². The topological polar surface area (TPSA) is 78.9 Å². The van der Waals surface area contributed by atoms with Crippen LogP contribution in [0.1, 0.15) is 400 Å². The zero-order valence-electron chi connectivity index (χ0n) is 53.0. The largest absolute Gasteiger partial charge is 0.462 e. The first-order chi connectivity index (χ1) is 38.5. The second-order valence-corrected chi connectivity index (χ2v) is 24.2. The van der Waals surface area contributed by atoms with Crippen molar-refractivity contribution in [3.8, 4) is 0 Å². The summed E-state index contributed by atoms with van der Waals surface area (Å²) in [6.07, 6.45) is 82.0. The van der Waals surface area contributed by atoms with E-state index in [9.17, 15) is 14.4 Å². The van der Waals surface area contributed by atoms with E-state index in [4.69, 9.17) is 14.2 Å². The van der Waals surface area contributed by atoms with E-state index in [1.807, 2.05) is 0 Å². The number of carbonyl (C=O) groups is 3. The van der Waals surface area contributed by atoms with Gasteiger partial charge in [0.2, 0.25) is 0 Å². The van der Waals surface area contributed by atoms with Gasteiger partial charge in [0.1, 0.15) is 13.2 Å². The Hall–Kier alpha value is -2.11. The maximum Gasteiger partial charge on any atom is 0.306 e. The van der Waals surface area contributed by atoms with E-state index < -0.39 is 6.10 Å². The molecular weight excluding hydrogens is 961 g/mol. The van der Waals surface area contributed by atoms with Crippen LogP contribution in [0, 0.1) is 0 Å². The molecule has 0 saturated heterocycles. The summed E-state index contributed by atoms with van der Waals surface area (Å²) >= 11 is 0. The van der Waals surface area contributed by atoms with Crippen molar-refractivity contribution in [3.05, 3.63) is 24.3 Å². The van der Waals surface area contributed by atoms with Gasteiger partial charge < -0.3 is 14.2 Å². The van der Waals surface area contributed by atoms with Crippen molar-refractivity contribution in [1.82, 2.24) is 0 Å². The maximum atomic E-state index is 13.0. The monoisotopic (exact) mass is 1100 g/mol. The molecule has 1 unspecified atom stereocenters. The van der Waals surface area contributed by atoms with Crippen LogP contribution in [0.4, 0.5) is 0 Å². The second-order valence-electron chi connectivity index (χ2n) is 24.2. The SMILES string of the molecule is CCCCCCC/C=C\C/C=C\CCCCCCCCCCCC(=O)OC(COC(=O)CCCCCCCCCCCCCCCCCCC)COC(=O)CCCCCCCCCCCCCCCCCCCCCCCC. The minimum atomic E-state index is -0.771. The summed E-state index contributed by atoms with van der Waals surface area (Å²) in [5, 5.41) is 0. The van der Waals surface area contributed by atoms with E-state index in [2.05, 4.69) is 45.1 Å². The van der Waals surface area contributed by atoms with Crippen molar-refractivity contribution >= 4 is 17.9 Å². The minimum Gasteiger partial charge on any atom is -0.462 e. The fourth-order valence-electron chi connectivity index (χ4n) is 10.9. The molecule has 0 aliphatic carbocycles. The molecule has 0 aromatic rings. The summed E-state index contributed by atoms with van der Waals surface area (Å²) in [4.78, 5) is 38.5. The average molecular weight is 1100 g/mol. The van der Waals surface area contributed by atoms with Gasteiger partial charge in [-0.1, -0.05) is 353 Å². The number of rotatable bonds is 66. The van der Waals surface area contributed by atoms with E-state index in [-0.39, 0.29) is 31.1 Å². The Morgan fingerprint density at radius 2 is 0.462 bits per heavy atom. The van der Waals surface area contributed by atoms with Crippen LogP contribution in [0.2, 0.25) is 0 Å². The highest BCUT2D eigenvalue weighted by molar-refractivity contribution is 5.71. The molecule has 6 heteroatoms. The summed E-state index contributed by atoms with van der Waals surface area (Å²) in [5.41, 5.74) is 0. The molecule has 0 rings (SSSR count). The van der Waals surface area contributed by atoms with Gasteiger partial charge in [-0.25, -0.2) is 0 Å². The molecule has 0 saturated carbocycles. The molecule has 0 amide bonds. The van der Waals surface area contributed by atoms with Crippen LogP contribution in [0.15, 0.2) is 24.3 Å². The van der Waals surface area contributed by atoms with Crippen molar-refractivity contribution in [1.29, 1.82) is 0 Å². The van der Waals surface area contributed by atoms with E-state index in [1.165, 1.54) is 295 Å². The molecule has 0 fully saturated rings. The van der Waals surface area contributed by atoms with Crippen molar-refractivity contribution in [2.45, 2.75) is 406 Å². The molecule has 78 heavy (non-hydrogen) atoms. The molecular formula is C72H136O6. The standard InChI is InChI=1S/C72H136O6/c1-4-7-10-13-16-19-22-25-28-31-33-35-37-38-41-44-47-50-53-56-59-62-65-71(74)77-68-69(67-76-70(73)64-61-58-55-52-49-46-43-40-30-27-24-21-18-15-12-9-6-3)78-72(75)66-63-60-57-54-51-48-45-42-39-36-34-32-29-26-23-20-17-14-11-8-5-2/h23,26,32,34,69H,4-22,24-25,27-31,33,35-68H2,1-3H3/b26-23-,34-32-. The van der Waals surface area contributed by atoms with Crippen molar-refractivity contribution in [2.24, 2.45) is 0 Å². The number of esters is 3. The smallest absolute Gasteiger partial charge is 0.306 e. The maximum absolute atomic E-state index is 13.0. The molecule has 0 aliphatic heterocycles. The molecule has 6 nitrogen and oxygen atoms in total. The van der Waals surface area contributed by atoms with Gasteiger partial charge >= 0.3 is 17.9 Å². The molecule has 0 heterocycles. The van der Waals surface area contributed by atoms with Gasteiger partial charge in [0.05, 0.1) is 0 Å². The Morgan fingerprint density at radius 1 is 0.256 bits per heavy atom. The van der Waals surface area contributed by atoms with Crippen molar-refractivity contribution in [3.63, 3.8) is 0 Å². The van der Waals surface area contributed by atoms with Crippen molar-refractivity contribution in [2.75, 3.05) is 13.2 Å². The van der Waals surface area contributed by atoms with E-state index >= 15 is 0 Å². The summed E-state index contributed by atoms with van der Waals surface area (Å²) in [6, 6.07) is 0. The lowest BCUT2D eigenvalue weighted by Gasteiger charge is -2.18. The highest BCUT2D eigenvalue weighted by Crippen LogP contribution is 2.19.